The van der Waals surface area contributed by atoms with Gasteiger partial charge in [-0.2, -0.15) is 0 Å². The Bertz CT molecular complexity index is 439. The Morgan fingerprint density at radius 3 is 2.53 bits per heavy atom. The molecule has 0 saturated heterocycles. The molecule has 4 N–H and O–H groups in total. The molecule has 0 bridgehead atoms. The number of nitrogens with two attached hydrogens (primary N) is 2. The van der Waals surface area contributed by atoms with E-state index in [1.807, 2.05) is 18.2 Å². The highest BCUT2D eigenvalue weighted by atomic mass is 16.1. The first kappa shape index (κ1) is 14.0. The fraction of sp³-hybridized carbons (Fsp3) is 0.533. The van der Waals surface area contributed by atoms with Gasteiger partial charge in [-0.25, -0.2) is 0 Å². The number of rotatable bonds is 4. The van der Waals surface area contributed by atoms with Gasteiger partial charge in [0.2, 0.25) is 5.91 Å². The van der Waals surface area contributed by atoms with Crippen molar-refractivity contribution in [3.8, 4) is 0 Å². The molecule has 1 fully saturated rings. The normalized spacial score (nSPS) is 23.5. The van der Waals surface area contributed by atoms with Gasteiger partial charge in [-0.1, -0.05) is 18.2 Å². The van der Waals surface area contributed by atoms with Crippen molar-refractivity contribution in [2.24, 2.45) is 11.5 Å². The zero-order valence-electron chi connectivity index (χ0n) is 11.5. The second-order valence-electron chi connectivity index (χ2n) is 5.51. The molecule has 1 saturated carbocycles. The van der Waals surface area contributed by atoms with Gasteiger partial charge in [0, 0.05) is 24.2 Å². The lowest BCUT2D eigenvalue weighted by Gasteiger charge is -2.33. The zero-order valence-corrected chi connectivity index (χ0v) is 11.5. The molecule has 0 heterocycles. The molecule has 0 aliphatic heterocycles. The highest BCUT2D eigenvalue weighted by molar-refractivity contribution is 5.94. The van der Waals surface area contributed by atoms with Crippen LogP contribution in [0.2, 0.25) is 0 Å². The van der Waals surface area contributed by atoms with E-state index in [0.29, 0.717) is 17.6 Å². The Morgan fingerprint density at radius 2 is 1.89 bits per heavy atom. The molecule has 0 aromatic heterocycles. The molecule has 1 amide bonds. The first-order chi connectivity index (χ1) is 9.08. The van der Waals surface area contributed by atoms with Gasteiger partial charge in [0.15, 0.2) is 0 Å². The molecule has 0 radical (unpaired) electrons. The van der Waals surface area contributed by atoms with Crippen molar-refractivity contribution in [2.75, 3.05) is 7.05 Å². The third-order valence-corrected chi connectivity index (χ3v) is 4.07. The summed E-state index contributed by atoms with van der Waals surface area (Å²) in [5, 5.41) is 0. The molecule has 0 spiro atoms. The molecule has 1 aliphatic rings. The lowest BCUT2D eigenvalue weighted by Crippen LogP contribution is -2.38. The van der Waals surface area contributed by atoms with Crippen LogP contribution in [0.3, 0.4) is 0 Å². The Balaban J connectivity index is 2.02. The second kappa shape index (κ2) is 6.17. The molecule has 0 unspecified atom stereocenters. The first-order valence-corrected chi connectivity index (χ1v) is 6.91. The maximum absolute atomic E-state index is 11.4. The summed E-state index contributed by atoms with van der Waals surface area (Å²) in [6, 6.07) is 8.49. The van der Waals surface area contributed by atoms with Gasteiger partial charge in [0.05, 0.1) is 0 Å². The summed E-state index contributed by atoms with van der Waals surface area (Å²) in [5.74, 6) is -0.352. The van der Waals surface area contributed by atoms with E-state index in [-0.39, 0.29) is 5.91 Å². The molecule has 4 heteroatoms. The maximum atomic E-state index is 11.4. The van der Waals surface area contributed by atoms with Crippen molar-refractivity contribution in [1.29, 1.82) is 0 Å². The molecular formula is C15H23N3O. The van der Waals surface area contributed by atoms with E-state index >= 15 is 0 Å². The molecule has 2 rings (SSSR count). The number of carbonyl (C=O) groups is 1. The van der Waals surface area contributed by atoms with Gasteiger partial charge in [-0.15, -0.1) is 0 Å². The number of amides is 1. The number of primary amides is 1. The van der Waals surface area contributed by atoms with Gasteiger partial charge in [0.1, 0.15) is 0 Å². The number of hydrogen-bond acceptors (Lipinski definition) is 3. The maximum Gasteiger partial charge on any atom is 0.249 e. The molecule has 19 heavy (non-hydrogen) atoms. The zero-order chi connectivity index (χ0) is 13.8. The highest BCUT2D eigenvalue weighted by Crippen LogP contribution is 2.23. The summed E-state index contributed by atoms with van der Waals surface area (Å²) in [5.41, 5.74) is 13.0. The molecule has 1 aliphatic carbocycles. The number of hydrogen-bond donors (Lipinski definition) is 2. The minimum absolute atomic E-state index is 0.352. The SMILES string of the molecule is CN(Cc1ccccc1C(N)=O)C1CCC(N)CC1. The van der Waals surface area contributed by atoms with Crippen LogP contribution in [0.4, 0.5) is 0 Å². The summed E-state index contributed by atoms with van der Waals surface area (Å²) in [6.45, 7) is 0.763. The van der Waals surface area contributed by atoms with Crippen LogP contribution in [0.1, 0.15) is 41.6 Å². The summed E-state index contributed by atoms with van der Waals surface area (Å²) in [7, 11) is 2.11. The van der Waals surface area contributed by atoms with Gasteiger partial charge in [0.25, 0.3) is 0 Å². The van der Waals surface area contributed by atoms with E-state index in [2.05, 4.69) is 11.9 Å². The number of nitrogens with zero attached hydrogens (tertiary/aromatic N) is 1. The van der Waals surface area contributed by atoms with E-state index in [9.17, 15) is 4.79 Å². The molecule has 1 aromatic rings. The van der Waals surface area contributed by atoms with E-state index in [0.717, 1.165) is 37.8 Å². The molecule has 104 valence electrons. The van der Waals surface area contributed by atoms with Gasteiger partial charge in [-0.05, 0) is 44.4 Å². The van der Waals surface area contributed by atoms with E-state index in [1.54, 1.807) is 6.07 Å². The van der Waals surface area contributed by atoms with Gasteiger partial charge < -0.3 is 11.5 Å². The number of carbonyl (C=O) groups excluding carboxylic acids is 1. The second-order valence-corrected chi connectivity index (χ2v) is 5.51. The van der Waals surface area contributed by atoms with Crippen LogP contribution in [0, 0.1) is 0 Å². The van der Waals surface area contributed by atoms with Crippen LogP contribution < -0.4 is 11.5 Å². The third-order valence-electron chi connectivity index (χ3n) is 4.07. The summed E-state index contributed by atoms with van der Waals surface area (Å²) < 4.78 is 0. The lowest BCUT2D eigenvalue weighted by molar-refractivity contribution is 0.0997. The minimum atomic E-state index is -0.352. The predicted octanol–water partition coefficient (Wildman–Crippen LogP) is 1.49. The average molecular weight is 261 g/mol. The van der Waals surface area contributed by atoms with Crippen LogP contribution in [0.25, 0.3) is 0 Å². The van der Waals surface area contributed by atoms with Crippen LogP contribution in [0.5, 0.6) is 0 Å². The van der Waals surface area contributed by atoms with Crippen LogP contribution in [-0.2, 0) is 6.54 Å². The van der Waals surface area contributed by atoms with Crippen LogP contribution in [-0.4, -0.2) is 29.9 Å². The van der Waals surface area contributed by atoms with Crippen molar-refractivity contribution >= 4 is 5.91 Å². The fourth-order valence-electron chi connectivity index (χ4n) is 2.84. The minimum Gasteiger partial charge on any atom is -0.366 e. The van der Waals surface area contributed by atoms with Gasteiger partial charge in [-0.3, -0.25) is 9.69 Å². The van der Waals surface area contributed by atoms with Crippen LogP contribution >= 0.6 is 0 Å². The van der Waals surface area contributed by atoms with Gasteiger partial charge >= 0.3 is 0 Å². The largest absolute Gasteiger partial charge is 0.366 e. The fourth-order valence-corrected chi connectivity index (χ4v) is 2.84. The van der Waals surface area contributed by atoms with E-state index in [4.69, 9.17) is 11.5 Å². The Hall–Kier alpha value is -1.39. The average Bonchev–Trinajstić information content (AvgIpc) is 2.39. The Morgan fingerprint density at radius 1 is 1.26 bits per heavy atom. The van der Waals surface area contributed by atoms with Crippen molar-refractivity contribution < 1.29 is 4.79 Å². The van der Waals surface area contributed by atoms with Crippen molar-refractivity contribution in [3.63, 3.8) is 0 Å². The molecule has 1 aromatic carbocycles. The summed E-state index contributed by atoms with van der Waals surface area (Å²) in [6.07, 6.45) is 4.45. The van der Waals surface area contributed by atoms with Crippen LogP contribution in [0.15, 0.2) is 24.3 Å². The topological polar surface area (TPSA) is 72.3 Å². The quantitative estimate of drug-likeness (QED) is 0.862. The molecular weight excluding hydrogens is 238 g/mol. The Labute approximate surface area is 114 Å². The van der Waals surface area contributed by atoms with Crippen molar-refractivity contribution in [3.05, 3.63) is 35.4 Å². The molecule has 4 nitrogen and oxygen atoms in total. The third kappa shape index (κ3) is 3.55. The summed E-state index contributed by atoms with van der Waals surface area (Å²) >= 11 is 0. The molecule has 0 atom stereocenters. The van der Waals surface area contributed by atoms with Crippen molar-refractivity contribution in [2.45, 2.75) is 44.3 Å². The smallest absolute Gasteiger partial charge is 0.249 e. The predicted molar refractivity (Wildman–Crippen MR) is 76.7 cm³/mol. The standard InChI is InChI=1S/C15H23N3O/c1-18(13-8-6-12(16)7-9-13)10-11-4-2-3-5-14(11)15(17)19/h2-5,12-13H,6-10,16H2,1H3,(H2,17,19). The lowest BCUT2D eigenvalue weighted by atomic mass is 9.90. The Kier molecular flexibility index (Phi) is 4.56. The number of benzene rings is 1. The van der Waals surface area contributed by atoms with Crippen molar-refractivity contribution in [1.82, 2.24) is 4.90 Å². The van der Waals surface area contributed by atoms with E-state index in [1.165, 1.54) is 0 Å². The highest BCUT2D eigenvalue weighted by Gasteiger charge is 2.22. The first-order valence-electron chi connectivity index (χ1n) is 6.91. The summed E-state index contributed by atoms with van der Waals surface area (Å²) in [4.78, 5) is 13.7. The monoisotopic (exact) mass is 261 g/mol. The van der Waals surface area contributed by atoms with E-state index < -0.39 is 0 Å².